The number of nitrogens with zero attached hydrogens (tertiary/aromatic N) is 2. The Bertz CT molecular complexity index is 1400. The fraction of sp³-hybridized carbons (Fsp3) is 0.240. The third-order valence-electron chi connectivity index (χ3n) is 5.45. The molecule has 1 N–H and O–H groups in total. The highest BCUT2D eigenvalue weighted by molar-refractivity contribution is 7.92. The minimum atomic E-state index is -4.34. The molecule has 0 atom stereocenters. The number of methoxy groups -OCH3 is 1. The number of carbonyl (C=O) groups excluding carboxylic acids is 1. The lowest BCUT2D eigenvalue weighted by Crippen LogP contribution is -2.42. The highest BCUT2D eigenvalue weighted by Gasteiger charge is 2.29. The smallest absolute Gasteiger partial charge is 0.273 e. The van der Waals surface area contributed by atoms with Crippen LogP contribution in [0.1, 0.15) is 11.1 Å². The summed E-state index contributed by atoms with van der Waals surface area (Å²) >= 11 is 6.08. The second kappa shape index (κ2) is 11.9. The fourth-order valence-corrected chi connectivity index (χ4v) is 4.96. The van der Waals surface area contributed by atoms with Gasteiger partial charge in [0, 0.05) is 16.7 Å². The minimum Gasteiger partial charge on any atom is -0.497 e. The Morgan fingerprint density at radius 1 is 1.03 bits per heavy atom. The van der Waals surface area contributed by atoms with Gasteiger partial charge in [-0.25, -0.2) is 8.42 Å². The van der Waals surface area contributed by atoms with E-state index in [0.29, 0.717) is 22.1 Å². The molecule has 37 heavy (non-hydrogen) atoms. The first kappa shape index (κ1) is 27.8. The number of sulfonamides is 1. The van der Waals surface area contributed by atoms with Crippen LogP contribution in [0.5, 0.6) is 11.5 Å². The molecule has 0 bridgehead atoms. The molecule has 0 aliphatic carbocycles. The predicted molar refractivity (Wildman–Crippen MR) is 140 cm³/mol. The van der Waals surface area contributed by atoms with Crippen LogP contribution in [0.3, 0.4) is 0 Å². The zero-order valence-electron chi connectivity index (χ0n) is 20.4. The maximum absolute atomic E-state index is 13.5. The van der Waals surface area contributed by atoms with Crippen molar-refractivity contribution in [1.82, 2.24) is 5.32 Å². The van der Waals surface area contributed by atoms with Gasteiger partial charge in [0.25, 0.3) is 15.7 Å². The first-order chi connectivity index (χ1) is 17.5. The van der Waals surface area contributed by atoms with Crippen molar-refractivity contribution in [3.63, 3.8) is 0 Å². The number of ether oxygens (including phenoxy) is 2. The van der Waals surface area contributed by atoms with Crippen molar-refractivity contribution in [3.8, 4) is 11.5 Å². The molecule has 0 saturated heterocycles. The van der Waals surface area contributed by atoms with E-state index in [1.54, 1.807) is 24.3 Å². The molecule has 10 nitrogen and oxygen atoms in total. The van der Waals surface area contributed by atoms with E-state index in [-0.39, 0.29) is 29.4 Å². The Labute approximate surface area is 220 Å². The zero-order chi connectivity index (χ0) is 27.2. The maximum atomic E-state index is 13.5. The number of hydrogen-bond acceptors (Lipinski definition) is 7. The third kappa shape index (κ3) is 6.89. The maximum Gasteiger partial charge on any atom is 0.273 e. The normalized spacial score (nSPS) is 11.0. The van der Waals surface area contributed by atoms with Gasteiger partial charge in [-0.3, -0.25) is 19.2 Å². The summed E-state index contributed by atoms with van der Waals surface area (Å²) < 4.78 is 38.7. The van der Waals surface area contributed by atoms with Crippen molar-refractivity contribution in [2.24, 2.45) is 0 Å². The lowest BCUT2D eigenvalue weighted by molar-refractivity contribution is -0.385. The van der Waals surface area contributed by atoms with Gasteiger partial charge in [-0.05, 0) is 61.9 Å². The highest BCUT2D eigenvalue weighted by atomic mass is 35.5. The molecule has 196 valence electrons. The summed E-state index contributed by atoms with van der Waals surface area (Å²) in [6.07, 6.45) is 0. The Morgan fingerprint density at radius 2 is 1.68 bits per heavy atom. The first-order valence-corrected chi connectivity index (χ1v) is 12.9. The van der Waals surface area contributed by atoms with E-state index in [4.69, 9.17) is 21.1 Å². The standard InChI is InChI=1S/C25H26ClN3O7S/c1-17-4-8-21(14-23(17)26)36-13-12-27-25(30)16-28(19-6-9-20(35-3)10-7-19)37(33,34)22-11-5-18(2)24(15-22)29(31)32/h4-11,14-15H,12-13,16H2,1-3H3,(H,27,30). The Hall–Kier alpha value is -3.83. The summed E-state index contributed by atoms with van der Waals surface area (Å²) in [5.41, 5.74) is 1.06. The molecule has 1 amide bonds. The zero-order valence-corrected chi connectivity index (χ0v) is 22.0. The molecule has 3 aromatic carbocycles. The molecule has 0 heterocycles. The molecule has 3 aromatic rings. The van der Waals surface area contributed by atoms with Gasteiger partial charge in [-0.15, -0.1) is 0 Å². The summed E-state index contributed by atoms with van der Waals surface area (Å²) in [5.74, 6) is 0.435. The van der Waals surface area contributed by atoms with Crippen LogP contribution in [-0.4, -0.2) is 46.1 Å². The number of benzene rings is 3. The Morgan fingerprint density at radius 3 is 2.30 bits per heavy atom. The summed E-state index contributed by atoms with van der Waals surface area (Å²) in [7, 11) is -2.88. The second-order valence-corrected chi connectivity index (χ2v) is 10.3. The number of rotatable bonds is 11. The summed E-state index contributed by atoms with van der Waals surface area (Å²) in [5, 5.41) is 14.6. The van der Waals surface area contributed by atoms with E-state index in [2.05, 4.69) is 5.32 Å². The molecule has 0 saturated carbocycles. The van der Waals surface area contributed by atoms with E-state index in [1.165, 1.54) is 38.3 Å². The number of amides is 1. The molecule has 0 aromatic heterocycles. The van der Waals surface area contributed by atoms with Crippen LogP contribution in [0.2, 0.25) is 5.02 Å². The van der Waals surface area contributed by atoms with E-state index < -0.39 is 27.4 Å². The van der Waals surface area contributed by atoms with Crippen LogP contribution < -0.4 is 19.1 Å². The van der Waals surface area contributed by atoms with Crippen molar-refractivity contribution in [1.29, 1.82) is 0 Å². The molecule has 0 fully saturated rings. The largest absolute Gasteiger partial charge is 0.497 e. The fourth-order valence-electron chi connectivity index (χ4n) is 3.35. The molecule has 3 rings (SSSR count). The first-order valence-electron chi connectivity index (χ1n) is 11.1. The lowest BCUT2D eigenvalue weighted by Gasteiger charge is -2.24. The minimum absolute atomic E-state index is 0.108. The Kier molecular flexibility index (Phi) is 8.95. The summed E-state index contributed by atoms with van der Waals surface area (Å²) in [4.78, 5) is 23.1. The van der Waals surface area contributed by atoms with Gasteiger partial charge in [-0.1, -0.05) is 23.7 Å². The summed E-state index contributed by atoms with van der Waals surface area (Å²) in [6, 6.07) is 14.9. The molecule has 0 aliphatic heterocycles. The van der Waals surface area contributed by atoms with Crippen molar-refractivity contribution < 1.29 is 27.6 Å². The van der Waals surface area contributed by atoms with Gasteiger partial charge in [0.2, 0.25) is 5.91 Å². The number of halogens is 1. The average Bonchev–Trinajstić information content (AvgIpc) is 2.87. The molecule has 0 radical (unpaired) electrons. The molecular weight excluding hydrogens is 522 g/mol. The lowest BCUT2D eigenvalue weighted by atomic mass is 10.2. The number of nitrogens with one attached hydrogen (secondary N) is 1. The van der Waals surface area contributed by atoms with Crippen molar-refractivity contribution in [2.75, 3.05) is 31.1 Å². The molecular formula is C25H26ClN3O7S. The average molecular weight is 548 g/mol. The van der Waals surface area contributed by atoms with Crippen LogP contribution in [0.15, 0.2) is 65.6 Å². The van der Waals surface area contributed by atoms with Gasteiger partial charge in [0.15, 0.2) is 0 Å². The van der Waals surface area contributed by atoms with Crippen molar-refractivity contribution in [3.05, 3.63) is 86.9 Å². The monoisotopic (exact) mass is 547 g/mol. The van der Waals surface area contributed by atoms with E-state index in [0.717, 1.165) is 15.9 Å². The van der Waals surface area contributed by atoms with Gasteiger partial charge in [-0.2, -0.15) is 0 Å². The number of hydrogen-bond donors (Lipinski definition) is 1. The van der Waals surface area contributed by atoms with E-state index in [1.807, 2.05) is 13.0 Å². The molecule has 0 spiro atoms. The molecule has 0 aliphatic rings. The van der Waals surface area contributed by atoms with Gasteiger partial charge < -0.3 is 14.8 Å². The third-order valence-corrected chi connectivity index (χ3v) is 7.63. The van der Waals surface area contributed by atoms with Crippen LogP contribution in [0, 0.1) is 24.0 Å². The van der Waals surface area contributed by atoms with Gasteiger partial charge in [0.1, 0.15) is 24.7 Å². The molecule has 0 unspecified atom stereocenters. The van der Waals surface area contributed by atoms with Gasteiger partial charge >= 0.3 is 0 Å². The van der Waals surface area contributed by atoms with Crippen LogP contribution >= 0.6 is 11.6 Å². The van der Waals surface area contributed by atoms with Crippen LogP contribution in [-0.2, 0) is 14.8 Å². The van der Waals surface area contributed by atoms with E-state index in [9.17, 15) is 23.3 Å². The van der Waals surface area contributed by atoms with Crippen LogP contribution in [0.25, 0.3) is 0 Å². The van der Waals surface area contributed by atoms with Crippen molar-refractivity contribution in [2.45, 2.75) is 18.7 Å². The van der Waals surface area contributed by atoms with Crippen LogP contribution in [0.4, 0.5) is 11.4 Å². The van der Waals surface area contributed by atoms with Crippen molar-refractivity contribution >= 4 is 38.9 Å². The van der Waals surface area contributed by atoms with E-state index >= 15 is 0 Å². The molecule has 12 heteroatoms. The van der Waals surface area contributed by atoms with Gasteiger partial charge in [0.05, 0.1) is 29.2 Å². The number of anilines is 1. The predicted octanol–water partition coefficient (Wildman–Crippen LogP) is 4.26. The SMILES string of the molecule is COc1ccc(N(CC(=O)NCCOc2ccc(C)c(Cl)c2)S(=O)(=O)c2ccc(C)c([N+](=O)[O-])c2)cc1. The topological polar surface area (TPSA) is 128 Å². The number of nitro groups is 1. The number of carbonyl (C=O) groups is 1. The quantitative estimate of drug-likeness (QED) is 0.216. The summed E-state index contributed by atoms with van der Waals surface area (Å²) in [6.45, 7) is 3.05. The number of aryl methyl sites for hydroxylation is 2. The Balaban J connectivity index is 1.78. The highest BCUT2D eigenvalue weighted by Crippen LogP contribution is 2.29. The number of nitro benzene ring substituents is 1. The second-order valence-electron chi connectivity index (χ2n) is 8.02.